The third-order valence-corrected chi connectivity index (χ3v) is 10.0. The molecular formula is C33H49LiN2O3S2. The van der Waals surface area contributed by atoms with Crippen molar-refractivity contribution in [1.82, 2.24) is 5.32 Å². The molecule has 41 heavy (non-hydrogen) atoms. The van der Waals surface area contributed by atoms with Crippen molar-refractivity contribution in [2.45, 2.75) is 89.5 Å². The van der Waals surface area contributed by atoms with E-state index >= 15 is 0 Å². The summed E-state index contributed by atoms with van der Waals surface area (Å²) in [5.41, 5.74) is 11.4. The number of thioether (sulfide) groups is 2. The molecular weight excluding hydrogens is 543 g/mol. The van der Waals surface area contributed by atoms with Crippen LogP contribution in [0.2, 0.25) is 0 Å². The first-order chi connectivity index (χ1) is 19.0. The van der Waals surface area contributed by atoms with Crippen molar-refractivity contribution in [1.29, 1.82) is 0 Å². The van der Waals surface area contributed by atoms with Crippen LogP contribution in [0.15, 0.2) is 42.5 Å². The molecule has 4 N–H and O–H groups in total. The van der Waals surface area contributed by atoms with Crippen LogP contribution in [0, 0.1) is 18.8 Å². The van der Waals surface area contributed by atoms with E-state index in [0.29, 0.717) is 23.7 Å². The van der Waals surface area contributed by atoms with Gasteiger partial charge in [0.05, 0.1) is 0 Å². The molecule has 0 saturated heterocycles. The van der Waals surface area contributed by atoms with Gasteiger partial charge < -0.3 is 16.2 Å². The topological polar surface area (TPSA) is 92.4 Å². The van der Waals surface area contributed by atoms with Crippen LogP contribution < -0.4 is 11.1 Å². The fourth-order valence-electron chi connectivity index (χ4n) is 5.59. The van der Waals surface area contributed by atoms with E-state index in [-0.39, 0.29) is 35.6 Å². The average Bonchev–Trinajstić information content (AvgIpc) is 2.92. The zero-order chi connectivity index (χ0) is 29.3. The molecule has 0 aromatic heterocycles. The van der Waals surface area contributed by atoms with Crippen LogP contribution in [-0.4, -0.2) is 64.4 Å². The molecule has 2 aromatic rings. The van der Waals surface area contributed by atoms with E-state index in [2.05, 4.69) is 32.2 Å². The molecule has 8 heteroatoms. The Morgan fingerprint density at radius 1 is 1.07 bits per heavy atom. The molecule has 222 valence electrons. The van der Waals surface area contributed by atoms with Crippen molar-refractivity contribution in [3.8, 4) is 11.1 Å². The van der Waals surface area contributed by atoms with Crippen molar-refractivity contribution >= 4 is 54.3 Å². The molecule has 0 heterocycles. The fourth-order valence-corrected chi connectivity index (χ4v) is 7.12. The Balaban J connectivity index is 0.00000588. The summed E-state index contributed by atoms with van der Waals surface area (Å²) in [5.74, 6) is 1.33. The van der Waals surface area contributed by atoms with E-state index in [1.807, 2.05) is 61.3 Å². The van der Waals surface area contributed by atoms with Crippen LogP contribution in [0.3, 0.4) is 0 Å². The quantitative estimate of drug-likeness (QED) is 0.216. The van der Waals surface area contributed by atoms with Gasteiger partial charge in [0, 0.05) is 16.4 Å². The van der Waals surface area contributed by atoms with Gasteiger partial charge in [0.1, 0.15) is 6.04 Å². The van der Waals surface area contributed by atoms with Crippen molar-refractivity contribution in [3.63, 3.8) is 0 Å². The summed E-state index contributed by atoms with van der Waals surface area (Å²) >= 11 is 3.55. The second kappa shape index (κ2) is 17.1. The van der Waals surface area contributed by atoms with E-state index in [4.69, 9.17) is 5.73 Å². The van der Waals surface area contributed by atoms with Crippen LogP contribution in [0.1, 0.15) is 93.2 Å². The van der Waals surface area contributed by atoms with Gasteiger partial charge in [0.2, 0.25) is 0 Å². The third kappa shape index (κ3) is 11.0. The first-order valence-corrected chi connectivity index (χ1v) is 17.0. The van der Waals surface area contributed by atoms with E-state index in [9.17, 15) is 14.7 Å². The Hall–Kier alpha value is -1.36. The number of nitrogens with one attached hydrogen (secondary N) is 1. The molecule has 1 amide bonds. The SMILES string of the molecule is CSCCC(NC(=O)c1ccc(C(N)C(CSC(C)(C)C)CC2CCCCC2)cc1-c1ccccc1C)C(=O)O.[LiH]. The minimum absolute atomic E-state index is 0. The molecule has 3 unspecified atom stereocenters. The Labute approximate surface area is 268 Å². The number of aryl methyl sites for hydroxylation is 1. The first kappa shape index (κ1) is 35.8. The minimum atomic E-state index is -1.01. The Morgan fingerprint density at radius 3 is 2.37 bits per heavy atom. The van der Waals surface area contributed by atoms with Crippen molar-refractivity contribution in [3.05, 3.63) is 59.2 Å². The number of aliphatic carboxylic acids is 1. The van der Waals surface area contributed by atoms with Gasteiger partial charge in [-0.2, -0.15) is 23.5 Å². The van der Waals surface area contributed by atoms with Gasteiger partial charge >= 0.3 is 24.8 Å². The van der Waals surface area contributed by atoms with E-state index in [1.54, 1.807) is 11.8 Å². The van der Waals surface area contributed by atoms with Gasteiger partial charge in [-0.05, 0) is 83.7 Å². The predicted molar refractivity (Wildman–Crippen MR) is 179 cm³/mol. The predicted octanol–water partition coefficient (Wildman–Crippen LogP) is 7.07. The second-order valence-electron chi connectivity index (χ2n) is 12.2. The number of hydrogen-bond donors (Lipinski definition) is 3. The zero-order valence-electron chi connectivity index (χ0n) is 24.9. The zero-order valence-corrected chi connectivity index (χ0v) is 26.5. The Bertz CT molecular complexity index is 1130. The molecule has 5 nitrogen and oxygen atoms in total. The van der Waals surface area contributed by atoms with Gasteiger partial charge in [0.15, 0.2) is 0 Å². The number of nitrogens with two attached hydrogens (primary N) is 1. The summed E-state index contributed by atoms with van der Waals surface area (Å²) in [6, 6.07) is 12.8. The number of carbonyl (C=O) groups excluding carboxylic acids is 1. The maximum atomic E-state index is 13.5. The van der Waals surface area contributed by atoms with Crippen LogP contribution in [-0.2, 0) is 4.79 Å². The third-order valence-electron chi connectivity index (χ3n) is 7.92. The van der Waals surface area contributed by atoms with Crippen molar-refractivity contribution in [2.24, 2.45) is 17.6 Å². The van der Waals surface area contributed by atoms with Gasteiger partial charge in [-0.3, -0.25) is 4.79 Å². The summed E-state index contributed by atoms with van der Waals surface area (Å²) in [5, 5.41) is 12.5. The fraction of sp³-hybridized carbons (Fsp3) is 0.576. The van der Waals surface area contributed by atoms with Crippen LogP contribution in [0.4, 0.5) is 0 Å². The number of amides is 1. The molecule has 1 aliphatic carbocycles. The van der Waals surface area contributed by atoms with E-state index in [0.717, 1.165) is 40.3 Å². The van der Waals surface area contributed by atoms with Crippen molar-refractivity contribution in [2.75, 3.05) is 17.8 Å². The van der Waals surface area contributed by atoms with Crippen molar-refractivity contribution < 1.29 is 14.7 Å². The normalized spacial score (nSPS) is 16.3. The van der Waals surface area contributed by atoms with Gasteiger partial charge in [-0.1, -0.05) is 83.2 Å². The monoisotopic (exact) mass is 592 g/mol. The Kier molecular flexibility index (Phi) is 14.9. The number of benzene rings is 2. The molecule has 1 fully saturated rings. The average molecular weight is 593 g/mol. The standard InChI is InChI=1S/C33H48N2O3S2.Li.H/c1-22-11-9-10-14-26(22)28-20-24(15-16-27(28)31(36)35-29(32(37)38)17-18-39-5)30(34)25(21-40-33(2,3)4)19-23-12-7-6-8-13-23;;/h9-11,14-16,20,23,25,29-30H,6-8,12-13,17-19,21,34H2,1-5H3,(H,35,36)(H,37,38);;. The van der Waals surface area contributed by atoms with Gasteiger partial charge in [-0.25, -0.2) is 4.79 Å². The van der Waals surface area contributed by atoms with E-state index in [1.165, 1.54) is 32.1 Å². The molecule has 0 spiro atoms. The van der Waals surface area contributed by atoms with Crippen LogP contribution in [0.5, 0.6) is 0 Å². The molecule has 3 atom stereocenters. The van der Waals surface area contributed by atoms with E-state index < -0.39 is 12.0 Å². The number of carboxylic acid groups (broad SMARTS) is 1. The molecule has 0 bridgehead atoms. The first-order valence-electron chi connectivity index (χ1n) is 14.6. The van der Waals surface area contributed by atoms with Gasteiger partial charge in [0.25, 0.3) is 5.91 Å². The summed E-state index contributed by atoms with van der Waals surface area (Å²) in [4.78, 5) is 25.4. The molecule has 0 radical (unpaired) electrons. The number of rotatable bonds is 13. The molecule has 1 aliphatic rings. The number of carboxylic acids is 1. The molecule has 3 rings (SSSR count). The van der Waals surface area contributed by atoms with Gasteiger partial charge in [-0.15, -0.1) is 0 Å². The Morgan fingerprint density at radius 2 is 1.76 bits per heavy atom. The molecule has 0 aliphatic heterocycles. The summed E-state index contributed by atoms with van der Waals surface area (Å²) < 4.78 is 0.162. The summed E-state index contributed by atoms with van der Waals surface area (Å²) in [6.45, 7) is 8.81. The molecule has 1 saturated carbocycles. The maximum absolute atomic E-state index is 13.5. The summed E-state index contributed by atoms with van der Waals surface area (Å²) in [7, 11) is 0. The molecule has 2 aromatic carbocycles. The van der Waals surface area contributed by atoms with Crippen LogP contribution in [0.25, 0.3) is 11.1 Å². The second-order valence-corrected chi connectivity index (χ2v) is 15.0. The number of hydrogen-bond acceptors (Lipinski definition) is 5. The van der Waals surface area contributed by atoms with Crippen LogP contribution >= 0.6 is 23.5 Å². The number of carbonyl (C=O) groups is 2. The summed E-state index contributed by atoms with van der Waals surface area (Å²) in [6.07, 6.45) is 9.98.